The van der Waals surface area contributed by atoms with E-state index in [9.17, 15) is 9.59 Å². The topological polar surface area (TPSA) is 123 Å². The van der Waals surface area contributed by atoms with Crippen molar-refractivity contribution in [1.82, 2.24) is 19.4 Å². The number of aromatic nitrogens is 3. The summed E-state index contributed by atoms with van der Waals surface area (Å²) in [5, 5.41) is 8.86. The molecule has 2 N–H and O–H groups in total. The number of nitrogens with two attached hydrogens (primary N) is 1. The van der Waals surface area contributed by atoms with Crippen molar-refractivity contribution in [1.29, 1.82) is 5.26 Å². The van der Waals surface area contributed by atoms with E-state index < -0.39 is 10.5 Å². The third-order valence-electron chi connectivity index (χ3n) is 3.88. The first-order valence-electron chi connectivity index (χ1n) is 6.98. The molecule has 0 bridgehead atoms. The largest absolute Gasteiger partial charge is 0.428 e. The second-order valence-electron chi connectivity index (χ2n) is 5.20. The SMILES string of the molecule is N#Cc1cnc([N+]2(C(N)=O)CCCc3ccc(C=O)nc32)nc1. The van der Waals surface area contributed by atoms with Gasteiger partial charge in [-0.15, -0.1) is 4.48 Å². The number of nitriles is 1. The lowest BCUT2D eigenvalue weighted by Crippen LogP contribution is -2.57. The Bertz CT molecular complexity index is 827. The minimum atomic E-state index is -0.675. The third-order valence-corrected chi connectivity index (χ3v) is 3.88. The molecule has 8 nitrogen and oxygen atoms in total. The maximum Gasteiger partial charge on any atom is 0.428 e. The van der Waals surface area contributed by atoms with Crippen molar-refractivity contribution in [3.8, 4) is 6.07 Å². The van der Waals surface area contributed by atoms with Crippen molar-refractivity contribution < 1.29 is 9.59 Å². The number of aldehydes is 1. The number of amides is 2. The summed E-state index contributed by atoms with van der Waals surface area (Å²) in [6.45, 7) is 0.351. The number of carbonyl (C=O) groups is 2. The van der Waals surface area contributed by atoms with Crippen LogP contribution in [0, 0.1) is 11.3 Å². The van der Waals surface area contributed by atoms with E-state index in [0.29, 0.717) is 25.1 Å². The fourth-order valence-electron chi connectivity index (χ4n) is 2.78. The highest BCUT2D eigenvalue weighted by molar-refractivity contribution is 5.91. The quantitative estimate of drug-likeness (QED) is 0.657. The van der Waals surface area contributed by atoms with Crippen LogP contribution >= 0.6 is 0 Å². The number of hydrogen-bond acceptors (Lipinski definition) is 6. The number of pyridine rings is 1. The van der Waals surface area contributed by atoms with Crippen LogP contribution in [-0.2, 0) is 6.42 Å². The molecule has 2 aromatic heterocycles. The Morgan fingerprint density at radius 3 is 2.70 bits per heavy atom. The number of carbonyl (C=O) groups excluding carboxylic acids is 2. The van der Waals surface area contributed by atoms with Crippen LogP contribution in [0.3, 0.4) is 0 Å². The highest BCUT2D eigenvalue weighted by Crippen LogP contribution is 2.37. The van der Waals surface area contributed by atoms with Crippen LogP contribution in [-0.4, -0.2) is 33.8 Å². The second-order valence-corrected chi connectivity index (χ2v) is 5.20. The molecule has 3 heterocycles. The van der Waals surface area contributed by atoms with E-state index in [4.69, 9.17) is 11.0 Å². The van der Waals surface area contributed by atoms with E-state index >= 15 is 0 Å². The molecule has 0 saturated heterocycles. The Balaban J connectivity index is 2.26. The molecule has 114 valence electrons. The van der Waals surface area contributed by atoms with Crippen molar-refractivity contribution in [2.75, 3.05) is 6.54 Å². The number of quaternary nitrogens is 1. The van der Waals surface area contributed by atoms with Crippen LogP contribution in [0.5, 0.6) is 0 Å². The summed E-state index contributed by atoms with van der Waals surface area (Å²) in [6.07, 6.45) is 4.71. The number of primary amides is 1. The molecular weight excluding hydrogens is 296 g/mol. The van der Waals surface area contributed by atoms with Crippen LogP contribution < -0.4 is 10.2 Å². The molecule has 8 heteroatoms. The van der Waals surface area contributed by atoms with Crippen LogP contribution in [0.2, 0.25) is 0 Å². The van der Waals surface area contributed by atoms with E-state index in [1.165, 1.54) is 12.4 Å². The van der Waals surface area contributed by atoms with Crippen LogP contribution in [0.15, 0.2) is 24.5 Å². The van der Waals surface area contributed by atoms with Gasteiger partial charge >= 0.3 is 12.0 Å². The smallest absolute Gasteiger partial charge is 0.318 e. The predicted octanol–water partition coefficient (Wildman–Crippen LogP) is 1.22. The molecule has 23 heavy (non-hydrogen) atoms. The molecule has 3 rings (SSSR count). The van der Waals surface area contributed by atoms with Gasteiger partial charge in [0.15, 0.2) is 6.29 Å². The minimum absolute atomic E-state index is 0.146. The van der Waals surface area contributed by atoms with Gasteiger partial charge in [0.1, 0.15) is 18.3 Å². The molecule has 0 aromatic carbocycles. The number of nitrogens with zero attached hydrogens (tertiary/aromatic N) is 5. The number of aryl methyl sites for hydroxylation is 1. The van der Waals surface area contributed by atoms with Gasteiger partial charge in [-0.1, -0.05) is 0 Å². The zero-order valence-corrected chi connectivity index (χ0v) is 12.1. The summed E-state index contributed by atoms with van der Waals surface area (Å²) in [6, 6.07) is 4.62. The monoisotopic (exact) mass is 309 g/mol. The summed E-state index contributed by atoms with van der Waals surface area (Å²) in [5.74, 6) is 0.519. The van der Waals surface area contributed by atoms with Crippen molar-refractivity contribution in [3.63, 3.8) is 0 Å². The van der Waals surface area contributed by atoms with E-state index in [1.54, 1.807) is 12.1 Å². The fraction of sp³-hybridized carbons (Fsp3) is 0.200. The molecule has 1 aliphatic rings. The van der Waals surface area contributed by atoms with Gasteiger partial charge in [-0.2, -0.15) is 20.2 Å². The summed E-state index contributed by atoms with van der Waals surface area (Å²) in [5.41, 5.74) is 6.99. The van der Waals surface area contributed by atoms with Gasteiger partial charge < -0.3 is 5.73 Å². The Labute approximate surface area is 131 Å². The fourth-order valence-corrected chi connectivity index (χ4v) is 2.78. The number of fused-ring (bicyclic) bond motifs is 1. The highest BCUT2D eigenvalue weighted by atomic mass is 16.2. The van der Waals surface area contributed by atoms with E-state index in [-0.39, 0.29) is 17.2 Å². The van der Waals surface area contributed by atoms with Crippen molar-refractivity contribution in [2.45, 2.75) is 12.8 Å². The van der Waals surface area contributed by atoms with Crippen LogP contribution in [0.1, 0.15) is 28.0 Å². The Morgan fingerprint density at radius 1 is 1.35 bits per heavy atom. The first-order chi connectivity index (χ1) is 11.1. The van der Waals surface area contributed by atoms with Crippen LogP contribution in [0.25, 0.3) is 0 Å². The van der Waals surface area contributed by atoms with Gasteiger partial charge in [-0.05, 0) is 18.6 Å². The molecule has 1 atom stereocenters. The molecule has 0 aliphatic carbocycles. The molecule has 2 aromatic rings. The summed E-state index contributed by atoms with van der Waals surface area (Å²) >= 11 is 0. The molecule has 0 saturated carbocycles. The molecule has 1 aliphatic heterocycles. The first kappa shape index (κ1) is 14.7. The lowest BCUT2D eigenvalue weighted by atomic mass is 10.0. The number of rotatable bonds is 2. The van der Waals surface area contributed by atoms with Gasteiger partial charge in [-0.25, -0.2) is 4.79 Å². The van der Waals surface area contributed by atoms with Crippen molar-refractivity contribution in [3.05, 3.63) is 41.3 Å². The van der Waals surface area contributed by atoms with E-state index in [2.05, 4.69) is 15.0 Å². The Kier molecular flexibility index (Phi) is 3.56. The van der Waals surface area contributed by atoms with Gasteiger partial charge in [0.2, 0.25) is 5.82 Å². The summed E-state index contributed by atoms with van der Waals surface area (Å²) < 4.78 is -0.456. The number of urea groups is 1. The first-order valence-corrected chi connectivity index (χ1v) is 6.98. The number of hydrogen-bond donors (Lipinski definition) is 1. The highest BCUT2D eigenvalue weighted by Gasteiger charge is 2.48. The molecule has 0 fully saturated rings. The lowest BCUT2D eigenvalue weighted by Gasteiger charge is -2.33. The van der Waals surface area contributed by atoms with E-state index in [1.807, 2.05) is 6.07 Å². The molecule has 0 radical (unpaired) electrons. The van der Waals surface area contributed by atoms with Gasteiger partial charge in [0.05, 0.1) is 18.0 Å². The molecular formula is C15H13N6O2+. The Morgan fingerprint density at radius 2 is 2.09 bits per heavy atom. The zero-order valence-electron chi connectivity index (χ0n) is 12.1. The summed E-state index contributed by atoms with van der Waals surface area (Å²) in [4.78, 5) is 35.9. The van der Waals surface area contributed by atoms with Gasteiger partial charge in [-0.3, -0.25) is 4.79 Å². The van der Waals surface area contributed by atoms with Gasteiger partial charge in [0.25, 0.3) is 0 Å². The average Bonchev–Trinajstić information content (AvgIpc) is 2.60. The summed E-state index contributed by atoms with van der Waals surface area (Å²) in [7, 11) is 0. The van der Waals surface area contributed by atoms with Gasteiger partial charge in [0, 0.05) is 12.0 Å². The average molecular weight is 309 g/mol. The standard InChI is InChI=1S/C15H12N6O2/c16-6-10-7-18-15(19-8-10)21(14(17)23)5-1-2-11-3-4-12(9-22)20-13(11)21/h3-4,7-9H,1-2,5H2,(H-,17,23)/p+1. The third kappa shape index (κ3) is 2.23. The van der Waals surface area contributed by atoms with Crippen molar-refractivity contribution >= 4 is 24.1 Å². The molecule has 0 spiro atoms. The maximum atomic E-state index is 12.3. The molecule has 1 unspecified atom stereocenters. The lowest BCUT2D eigenvalue weighted by molar-refractivity contribution is 0.111. The zero-order chi connectivity index (χ0) is 16.4. The minimum Gasteiger partial charge on any atom is -0.318 e. The maximum absolute atomic E-state index is 12.3. The van der Waals surface area contributed by atoms with Crippen LogP contribution in [0.4, 0.5) is 16.6 Å². The normalized spacial score (nSPS) is 19.4. The van der Waals surface area contributed by atoms with Crippen molar-refractivity contribution in [2.24, 2.45) is 5.73 Å². The molecule has 2 amide bonds. The predicted molar refractivity (Wildman–Crippen MR) is 80.6 cm³/mol. The Hall–Kier alpha value is -3.18. The van der Waals surface area contributed by atoms with E-state index in [0.717, 1.165) is 12.0 Å². The second kappa shape index (κ2) is 5.55.